The Balaban J connectivity index is 2.18. The lowest BCUT2D eigenvalue weighted by molar-refractivity contribution is 0.461. The van der Waals surface area contributed by atoms with Gasteiger partial charge in [-0.3, -0.25) is 0 Å². The molecule has 0 aromatic carbocycles. The Morgan fingerprint density at radius 3 is 3.30 bits per heavy atom. The van der Waals surface area contributed by atoms with E-state index in [2.05, 4.69) is 11.4 Å². The van der Waals surface area contributed by atoms with Crippen LogP contribution in [0.5, 0.6) is 0 Å². The van der Waals surface area contributed by atoms with Crippen molar-refractivity contribution >= 4 is 0 Å². The second kappa shape index (κ2) is 2.36. The largest absolute Gasteiger partial charge is 0.327 e. The third kappa shape index (κ3) is 0.879. The van der Waals surface area contributed by atoms with E-state index in [4.69, 9.17) is 5.73 Å². The van der Waals surface area contributed by atoms with Gasteiger partial charge in [0.15, 0.2) is 0 Å². The molecule has 0 radical (unpaired) electrons. The Labute approximate surface area is 61.5 Å². The number of hydrogen-bond donors (Lipinski definition) is 2. The number of allylic oxidation sites excluding steroid dienone is 1. The van der Waals surface area contributed by atoms with Crippen molar-refractivity contribution in [2.45, 2.75) is 18.9 Å². The number of nitrogens with two attached hydrogens (primary N) is 1. The maximum Gasteiger partial charge on any atom is 0.0168 e. The highest BCUT2D eigenvalue weighted by Crippen LogP contribution is 2.26. The quantitative estimate of drug-likeness (QED) is 0.471. The van der Waals surface area contributed by atoms with Gasteiger partial charge < -0.3 is 11.1 Å². The smallest absolute Gasteiger partial charge is 0.0168 e. The lowest BCUT2D eigenvalue weighted by Crippen LogP contribution is -2.33. The highest BCUT2D eigenvalue weighted by Gasteiger charge is 2.28. The van der Waals surface area contributed by atoms with Crippen molar-refractivity contribution in [3.05, 3.63) is 11.6 Å². The number of rotatable bonds is 0. The average Bonchev–Trinajstić information content (AvgIpc) is 2.36. The lowest BCUT2D eigenvalue weighted by atomic mass is 9.86. The van der Waals surface area contributed by atoms with E-state index in [9.17, 15) is 0 Å². The second-order valence-electron chi connectivity index (χ2n) is 3.26. The molecule has 10 heavy (non-hydrogen) atoms. The van der Waals surface area contributed by atoms with Gasteiger partial charge in [-0.2, -0.15) is 0 Å². The van der Waals surface area contributed by atoms with Crippen LogP contribution in [0.3, 0.4) is 0 Å². The van der Waals surface area contributed by atoms with Crippen LogP contribution >= 0.6 is 0 Å². The van der Waals surface area contributed by atoms with Gasteiger partial charge in [-0.25, -0.2) is 0 Å². The van der Waals surface area contributed by atoms with E-state index in [1.807, 2.05) is 0 Å². The molecule has 2 aliphatic rings. The van der Waals surface area contributed by atoms with Gasteiger partial charge >= 0.3 is 0 Å². The normalized spacial score (nSPS) is 39.1. The summed E-state index contributed by atoms with van der Waals surface area (Å²) in [4.78, 5) is 0. The zero-order chi connectivity index (χ0) is 6.97. The number of hydrogen-bond acceptors (Lipinski definition) is 2. The molecule has 2 rings (SSSR count). The predicted octanol–water partition coefficient (Wildman–Crippen LogP) is 0.253. The van der Waals surface area contributed by atoms with Gasteiger partial charge in [-0.1, -0.05) is 11.6 Å². The first-order valence-corrected chi connectivity index (χ1v) is 4.03. The van der Waals surface area contributed by atoms with Crippen LogP contribution in [0.25, 0.3) is 0 Å². The summed E-state index contributed by atoms with van der Waals surface area (Å²) in [6.07, 6.45) is 4.72. The van der Waals surface area contributed by atoms with Gasteiger partial charge in [-0.05, 0) is 12.8 Å². The SMILES string of the molecule is N[C@H]1CCC=C2CNC[C@H]21. The third-order valence-electron chi connectivity index (χ3n) is 2.59. The molecular weight excluding hydrogens is 124 g/mol. The Hall–Kier alpha value is -0.340. The molecular formula is C8H14N2. The zero-order valence-corrected chi connectivity index (χ0v) is 6.14. The maximum absolute atomic E-state index is 5.94. The van der Waals surface area contributed by atoms with Crippen LogP contribution in [0, 0.1) is 5.92 Å². The fraction of sp³-hybridized carbons (Fsp3) is 0.750. The maximum atomic E-state index is 5.94. The van der Waals surface area contributed by atoms with E-state index in [1.54, 1.807) is 5.57 Å². The van der Waals surface area contributed by atoms with E-state index >= 15 is 0 Å². The van der Waals surface area contributed by atoms with Crippen LogP contribution in [0.4, 0.5) is 0 Å². The predicted molar refractivity (Wildman–Crippen MR) is 41.7 cm³/mol. The second-order valence-corrected chi connectivity index (χ2v) is 3.26. The molecule has 2 nitrogen and oxygen atoms in total. The molecule has 2 heteroatoms. The molecule has 1 fully saturated rings. The van der Waals surface area contributed by atoms with Gasteiger partial charge in [0.1, 0.15) is 0 Å². The molecule has 0 aromatic heterocycles. The standard InChI is InChI=1S/C8H14N2/c9-8-3-1-2-6-4-10-5-7(6)8/h2,7-8,10H,1,3-5,9H2/t7-,8+/m1/s1. The Bertz CT molecular complexity index is 163. The van der Waals surface area contributed by atoms with Gasteiger partial charge in [0.2, 0.25) is 0 Å². The molecule has 2 atom stereocenters. The van der Waals surface area contributed by atoms with Crippen LogP contribution < -0.4 is 11.1 Å². The first kappa shape index (κ1) is 6.38. The highest BCUT2D eigenvalue weighted by molar-refractivity contribution is 5.19. The van der Waals surface area contributed by atoms with Crippen LogP contribution in [-0.2, 0) is 0 Å². The average molecular weight is 138 g/mol. The molecule has 0 bridgehead atoms. The molecule has 56 valence electrons. The molecule has 0 aromatic rings. The number of nitrogens with one attached hydrogen (secondary N) is 1. The Morgan fingerprint density at radius 2 is 2.50 bits per heavy atom. The van der Waals surface area contributed by atoms with Gasteiger partial charge in [-0.15, -0.1) is 0 Å². The minimum atomic E-state index is 0.426. The molecule has 0 saturated carbocycles. The van der Waals surface area contributed by atoms with Crippen LogP contribution in [0.2, 0.25) is 0 Å². The van der Waals surface area contributed by atoms with E-state index < -0.39 is 0 Å². The Morgan fingerprint density at radius 1 is 1.60 bits per heavy atom. The molecule has 0 spiro atoms. The summed E-state index contributed by atoms with van der Waals surface area (Å²) >= 11 is 0. The molecule has 1 aliphatic carbocycles. The topological polar surface area (TPSA) is 38.0 Å². The summed E-state index contributed by atoms with van der Waals surface area (Å²) in [5, 5.41) is 3.35. The van der Waals surface area contributed by atoms with Crippen molar-refractivity contribution in [3.8, 4) is 0 Å². The van der Waals surface area contributed by atoms with Crippen LogP contribution in [-0.4, -0.2) is 19.1 Å². The first-order valence-electron chi connectivity index (χ1n) is 4.03. The van der Waals surface area contributed by atoms with Gasteiger partial charge in [0.25, 0.3) is 0 Å². The minimum Gasteiger partial charge on any atom is -0.327 e. The lowest BCUT2D eigenvalue weighted by Gasteiger charge is -2.23. The summed E-state index contributed by atoms with van der Waals surface area (Å²) in [7, 11) is 0. The van der Waals surface area contributed by atoms with Crippen molar-refractivity contribution in [2.24, 2.45) is 11.7 Å². The van der Waals surface area contributed by atoms with Crippen molar-refractivity contribution in [3.63, 3.8) is 0 Å². The van der Waals surface area contributed by atoms with Crippen LogP contribution in [0.1, 0.15) is 12.8 Å². The Kier molecular flexibility index (Phi) is 1.51. The minimum absolute atomic E-state index is 0.426. The fourth-order valence-electron chi connectivity index (χ4n) is 1.95. The van der Waals surface area contributed by atoms with E-state index in [0.717, 1.165) is 13.1 Å². The highest BCUT2D eigenvalue weighted by atomic mass is 14.9. The van der Waals surface area contributed by atoms with Crippen molar-refractivity contribution in [2.75, 3.05) is 13.1 Å². The van der Waals surface area contributed by atoms with Crippen LogP contribution in [0.15, 0.2) is 11.6 Å². The zero-order valence-electron chi connectivity index (χ0n) is 6.14. The summed E-state index contributed by atoms with van der Waals surface area (Å²) in [5.41, 5.74) is 7.49. The summed E-state index contributed by atoms with van der Waals surface area (Å²) in [6, 6.07) is 0.426. The summed E-state index contributed by atoms with van der Waals surface area (Å²) in [6.45, 7) is 2.19. The summed E-state index contributed by atoms with van der Waals surface area (Å²) < 4.78 is 0. The fourth-order valence-corrected chi connectivity index (χ4v) is 1.95. The van der Waals surface area contributed by atoms with E-state index in [-0.39, 0.29) is 0 Å². The van der Waals surface area contributed by atoms with Gasteiger partial charge in [0, 0.05) is 25.0 Å². The molecule has 1 heterocycles. The van der Waals surface area contributed by atoms with Crippen molar-refractivity contribution < 1.29 is 0 Å². The number of fused-ring (bicyclic) bond motifs is 1. The summed E-state index contributed by atoms with van der Waals surface area (Å²) in [5.74, 6) is 0.661. The third-order valence-corrected chi connectivity index (χ3v) is 2.59. The molecule has 1 saturated heterocycles. The first-order chi connectivity index (χ1) is 4.88. The molecule has 3 N–H and O–H groups in total. The molecule has 0 unspecified atom stereocenters. The van der Waals surface area contributed by atoms with E-state index in [0.29, 0.717) is 12.0 Å². The molecule has 0 amide bonds. The monoisotopic (exact) mass is 138 g/mol. The molecule has 1 aliphatic heterocycles. The van der Waals surface area contributed by atoms with E-state index in [1.165, 1.54) is 12.8 Å². The van der Waals surface area contributed by atoms with Crippen molar-refractivity contribution in [1.29, 1.82) is 0 Å². The van der Waals surface area contributed by atoms with Crippen molar-refractivity contribution in [1.82, 2.24) is 5.32 Å². The van der Waals surface area contributed by atoms with Gasteiger partial charge in [0.05, 0.1) is 0 Å².